The largest absolute Gasteiger partial charge is 0.501 e. The fourth-order valence-electron chi connectivity index (χ4n) is 2.50. The zero-order chi connectivity index (χ0) is 15.7. The lowest BCUT2D eigenvalue weighted by Crippen LogP contribution is -2.25. The molecule has 2 rings (SSSR count). The Kier molecular flexibility index (Phi) is 4.51. The van der Waals surface area contributed by atoms with Gasteiger partial charge in [-0.05, 0) is 55.9 Å². The number of sulfone groups is 1. The number of hydrogen-bond donors (Lipinski definition) is 1. The van der Waals surface area contributed by atoms with Crippen molar-refractivity contribution in [3.8, 4) is 0 Å². The van der Waals surface area contributed by atoms with E-state index < -0.39 is 20.2 Å². The van der Waals surface area contributed by atoms with Gasteiger partial charge in [-0.3, -0.25) is 0 Å². The van der Waals surface area contributed by atoms with Gasteiger partial charge in [-0.25, -0.2) is 8.42 Å². The lowest BCUT2D eigenvalue weighted by atomic mass is 9.87. The molecule has 21 heavy (non-hydrogen) atoms. The number of anilines is 1. The maximum absolute atomic E-state index is 12.4. The standard InChI is InChI=1S/C14H18F3NO2S/c1-10-2-4-11(5-3-10)18-12-6-8-13(9-7-12)21(19,20)14(15,16)17/h6-11,18H,2-5H2,1H3. The van der Waals surface area contributed by atoms with Crippen LogP contribution >= 0.6 is 0 Å². The van der Waals surface area contributed by atoms with Gasteiger partial charge in [-0.1, -0.05) is 6.92 Å². The molecular weight excluding hydrogens is 303 g/mol. The van der Waals surface area contributed by atoms with Gasteiger partial charge >= 0.3 is 5.51 Å². The van der Waals surface area contributed by atoms with Crippen molar-refractivity contribution in [3.05, 3.63) is 24.3 Å². The minimum absolute atomic E-state index is 0.297. The van der Waals surface area contributed by atoms with Crippen molar-refractivity contribution in [2.24, 2.45) is 5.92 Å². The molecule has 0 heterocycles. The summed E-state index contributed by atoms with van der Waals surface area (Å²) >= 11 is 0. The summed E-state index contributed by atoms with van der Waals surface area (Å²) < 4.78 is 59.8. The predicted molar refractivity (Wildman–Crippen MR) is 74.7 cm³/mol. The second-order valence-corrected chi connectivity index (χ2v) is 7.52. The summed E-state index contributed by atoms with van der Waals surface area (Å²) in [6, 6.07) is 5.06. The van der Waals surface area contributed by atoms with Crippen LogP contribution in [0.4, 0.5) is 18.9 Å². The van der Waals surface area contributed by atoms with E-state index in [0.29, 0.717) is 17.6 Å². The molecule has 1 aliphatic rings. The molecule has 1 aromatic rings. The Bertz CT molecular complexity index is 573. The molecule has 0 aromatic heterocycles. The van der Waals surface area contributed by atoms with Crippen LogP contribution in [0.15, 0.2) is 29.2 Å². The zero-order valence-corrected chi connectivity index (χ0v) is 12.5. The molecule has 0 saturated heterocycles. The van der Waals surface area contributed by atoms with Crippen molar-refractivity contribution in [3.63, 3.8) is 0 Å². The summed E-state index contributed by atoms with van der Waals surface area (Å²) in [6.07, 6.45) is 4.28. The van der Waals surface area contributed by atoms with Crippen LogP contribution in [0.1, 0.15) is 32.6 Å². The first-order chi connectivity index (χ1) is 9.70. The lowest BCUT2D eigenvalue weighted by Gasteiger charge is -2.27. The first-order valence-corrected chi connectivity index (χ1v) is 8.36. The lowest BCUT2D eigenvalue weighted by molar-refractivity contribution is -0.0436. The molecule has 0 spiro atoms. The molecule has 3 nitrogen and oxygen atoms in total. The van der Waals surface area contributed by atoms with Gasteiger partial charge < -0.3 is 5.32 Å². The van der Waals surface area contributed by atoms with Gasteiger partial charge in [0.05, 0.1) is 4.90 Å². The molecule has 0 unspecified atom stereocenters. The highest BCUT2D eigenvalue weighted by atomic mass is 32.2. The van der Waals surface area contributed by atoms with E-state index in [1.165, 1.54) is 12.1 Å². The second kappa shape index (κ2) is 5.87. The molecule has 0 amide bonds. The Morgan fingerprint density at radius 3 is 2.05 bits per heavy atom. The zero-order valence-electron chi connectivity index (χ0n) is 11.7. The number of halogens is 3. The van der Waals surface area contributed by atoms with E-state index in [2.05, 4.69) is 12.2 Å². The summed E-state index contributed by atoms with van der Waals surface area (Å²) in [7, 11) is -5.26. The van der Waals surface area contributed by atoms with Crippen LogP contribution in [0.25, 0.3) is 0 Å². The van der Waals surface area contributed by atoms with Gasteiger partial charge in [0.1, 0.15) is 0 Å². The van der Waals surface area contributed by atoms with Crippen molar-refractivity contribution in [1.82, 2.24) is 0 Å². The number of rotatable bonds is 3. The summed E-state index contributed by atoms with van der Waals surface area (Å²) in [4.78, 5) is -0.724. The molecule has 0 bridgehead atoms. The van der Waals surface area contributed by atoms with E-state index in [9.17, 15) is 21.6 Å². The molecule has 1 aromatic carbocycles. The van der Waals surface area contributed by atoms with Crippen LogP contribution in [-0.2, 0) is 9.84 Å². The third kappa shape index (κ3) is 3.70. The highest BCUT2D eigenvalue weighted by molar-refractivity contribution is 7.92. The Labute approximate surface area is 122 Å². The number of alkyl halides is 3. The average molecular weight is 321 g/mol. The van der Waals surface area contributed by atoms with Crippen LogP contribution in [-0.4, -0.2) is 20.0 Å². The van der Waals surface area contributed by atoms with Gasteiger partial charge in [0.2, 0.25) is 0 Å². The van der Waals surface area contributed by atoms with Crippen molar-refractivity contribution in [2.75, 3.05) is 5.32 Å². The monoisotopic (exact) mass is 321 g/mol. The summed E-state index contributed by atoms with van der Waals surface area (Å²) in [5.74, 6) is 0.711. The minimum Gasteiger partial charge on any atom is -0.382 e. The number of nitrogens with one attached hydrogen (secondary N) is 1. The van der Waals surface area contributed by atoms with Crippen LogP contribution in [0.3, 0.4) is 0 Å². The van der Waals surface area contributed by atoms with Gasteiger partial charge in [0.15, 0.2) is 0 Å². The van der Waals surface area contributed by atoms with Crippen LogP contribution in [0, 0.1) is 5.92 Å². The van der Waals surface area contributed by atoms with Gasteiger partial charge in [0, 0.05) is 11.7 Å². The van der Waals surface area contributed by atoms with E-state index >= 15 is 0 Å². The molecule has 0 radical (unpaired) electrons. The van der Waals surface area contributed by atoms with E-state index in [1.807, 2.05) is 0 Å². The number of hydrogen-bond acceptors (Lipinski definition) is 3. The molecule has 0 aliphatic heterocycles. The molecule has 1 N–H and O–H groups in total. The summed E-state index contributed by atoms with van der Waals surface area (Å²) in [6.45, 7) is 2.20. The van der Waals surface area contributed by atoms with Crippen molar-refractivity contribution in [1.29, 1.82) is 0 Å². The second-order valence-electron chi connectivity index (χ2n) is 5.57. The minimum atomic E-state index is -5.26. The maximum Gasteiger partial charge on any atom is 0.501 e. The Balaban J connectivity index is 2.06. The quantitative estimate of drug-likeness (QED) is 0.916. The smallest absolute Gasteiger partial charge is 0.382 e. The third-order valence-corrected chi connectivity index (χ3v) is 5.36. The van der Waals surface area contributed by atoms with E-state index in [0.717, 1.165) is 37.8 Å². The Hall–Kier alpha value is -1.24. The molecule has 0 atom stereocenters. The normalized spacial score (nSPS) is 23.8. The third-order valence-electron chi connectivity index (χ3n) is 3.86. The SMILES string of the molecule is CC1CCC(Nc2ccc(S(=O)(=O)C(F)(F)F)cc2)CC1. The van der Waals surface area contributed by atoms with Gasteiger partial charge in [0.25, 0.3) is 9.84 Å². The predicted octanol–water partition coefficient (Wildman–Crippen LogP) is 3.97. The highest BCUT2D eigenvalue weighted by Crippen LogP contribution is 2.31. The van der Waals surface area contributed by atoms with Gasteiger partial charge in [-0.2, -0.15) is 13.2 Å². The van der Waals surface area contributed by atoms with E-state index in [-0.39, 0.29) is 0 Å². The van der Waals surface area contributed by atoms with Crippen molar-refractivity contribution in [2.45, 2.75) is 49.1 Å². The van der Waals surface area contributed by atoms with Crippen molar-refractivity contribution >= 4 is 15.5 Å². The summed E-state index contributed by atoms with van der Waals surface area (Å²) in [5, 5.41) is 3.24. The first-order valence-electron chi connectivity index (χ1n) is 6.88. The molecule has 1 saturated carbocycles. The average Bonchev–Trinajstić information content (AvgIpc) is 2.41. The van der Waals surface area contributed by atoms with Gasteiger partial charge in [-0.15, -0.1) is 0 Å². The van der Waals surface area contributed by atoms with Crippen LogP contribution < -0.4 is 5.32 Å². The molecule has 1 aliphatic carbocycles. The molecule has 1 fully saturated rings. The Morgan fingerprint density at radius 2 is 1.57 bits per heavy atom. The fourth-order valence-corrected chi connectivity index (χ4v) is 3.27. The van der Waals surface area contributed by atoms with E-state index in [4.69, 9.17) is 0 Å². The highest BCUT2D eigenvalue weighted by Gasteiger charge is 2.46. The number of benzene rings is 1. The maximum atomic E-state index is 12.4. The fraction of sp³-hybridized carbons (Fsp3) is 0.571. The molecule has 118 valence electrons. The molecular formula is C14H18F3NO2S. The molecule has 7 heteroatoms. The van der Waals surface area contributed by atoms with Crippen LogP contribution in [0.5, 0.6) is 0 Å². The topological polar surface area (TPSA) is 46.2 Å². The van der Waals surface area contributed by atoms with Crippen LogP contribution in [0.2, 0.25) is 0 Å². The Morgan fingerprint density at radius 1 is 1.05 bits per heavy atom. The summed E-state index contributed by atoms with van der Waals surface area (Å²) in [5.41, 5.74) is -4.61. The van der Waals surface area contributed by atoms with E-state index in [1.54, 1.807) is 0 Å². The van der Waals surface area contributed by atoms with Crippen molar-refractivity contribution < 1.29 is 21.6 Å². The first kappa shape index (κ1) is 16.1.